The molecule has 0 saturated carbocycles. The van der Waals surface area contributed by atoms with E-state index in [0.717, 1.165) is 32.7 Å². The first-order valence-electron chi connectivity index (χ1n) is 25.5. The third-order valence-corrected chi connectivity index (χ3v) is 16.1. The molecule has 0 aliphatic rings. The van der Waals surface area contributed by atoms with Gasteiger partial charge in [-0.3, -0.25) is 0 Å². The molecule has 356 valence electrons. The molecular weight excluding hydrogens is 908 g/mol. The summed E-state index contributed by atoms with van der Waals surface area (Å²) in [5, 5.41) is 20.7. The lowest BCUT2D eigenvalue weighted by Crippen LogP contribution is -2.33. The highest BCUT2D eigenvalue weighted by molar-refractivity contribution is 7.39. The minimum absolute atomic E-state index is 0.0740. The van der Waals surface area contributed by atoms with Gasteiger partial charge in [0.15, 0.2) is 0 Å². The topological polar surface area (TPSA) is 41.6 Å². The van der Waals surface area contributed by atoms with Gasteiger partial charge < -0.3 is 13.7 Å². The Morgan fingerprint density at radius 3 is 0.986 bits per heavy atom. The second-order valence-corrected chi connectivity index (χ2v) is 20.9. The predicted octanol–water partition coefficient (Wildman–Crippen LogP) is 19.1. The van der Waals surface area contributed by atoms with Crippen molar-refractivity contribution in [3.8, 4) is 0 Å². The fourth-order valence-corrected chi connectivity index (χ4v) is 12.8. The van der Waals surface area contributed by atoms with Gasteiger partial charge in [-0.1, -0.05) is 231 Å². The van der Waals surface area contributed by atoms with E-state index in [1.165, 1.54) is 76.1 Å². The van der Waals surface area contributed by atoms with E-state index in [-0.39, 0.29) is 18.1 Å². The summed E-state index contributed by atoms with van der Waals surface area (Å²) in [6, 6.07) is 87.5. The van der Waals surface area contributed by atoms with Crippen molar-refractivity contribution in [2.45, 2.75) is 51.9 Å². The molecule has 0 spiro atoms. The van der Waals surface area contributed by atoms with Gasteiger partial charge in [0, 0.05) is 22.9 Å². The molecule has 73 heavy (non-hydrogen) atoms. The molecule has 13 rings (SSSR count). The molecule has 1 aromatic heterocycles. The number of hydrogen-bond acceptors (Lipinski definition) is 4. The molecule has 0 saturated heterocycles. The molecule has 13 aromatic rings. The molecule has 0 radical (unpaired) electrons. The van der Waals surface area contributed by atoms with Crippen LogP contribution in [0.1, 0.15) is 62.0 Å². The number of rotatable bonds is 9. The van der Waals surface area contributed by atoms with Crippen LogP contribution in [-0.4, -0.2) is 12.1 Å². The zero-order valence-electron chi connectivity index (χ0n) is 41.6. The van der Waals surface area contributed by atoms with Crippen LogP contribution in [0, 0.1) is 0 Å². The number of benzene rings is 12. The Morgan fingerprint density at radius 2 is 0.630 bits per heavy atom. The van der Waals surface area contributed by atoms with Crippen molar-refractivity contribution in [3.63, 3.8) is 0 Å². The molecule has 0 atom stereocenters. The maximum absolute atomic E-state index is 7.24. The van der Waals surface area contributed by atoms with Crippen molar-refractivity contribution in [1.82, 2.24) is 5.32 Å². The van der Waals surface area contributed by atoms with Gasteiger partial charge in [-0.15, -0.1) is 0 Å². The van der Waals surface area contributed by atoms with E-state index < -0.39 is 8.16 Å². The first-order chi connectivity index (χ1) is 35.9. The molecule has 4 nitrogen and oxygen atoms in total. The van der Waals surface area contributed by atoms with Crippen molar-refractivity contribution >= 4 is 94.7 Å². The summed E-state index contributed by atoms with van der Waals surface area (Å²) in [5.41, 5.74) is 6.82. The van der Waals surface area contributed by atoms with Crippen LogP contribution in [-0.2, 0) is 0 Å². The maximum atomic E-state index is 7.24. The predicted molar refractivity (Wildman–Crippen MR) is 312 cm³/mol. The minimum Gasteiger partial charge on any atom is -0.408 e. The number of hydrogen-bond donors (Lipinski definition) is 1. The highest BCUT2D eigenvalue weighted by atomic mass is 31.1. The summed E-state index contributed by atoms with van der Waals surface area (Å²) < 4.78 is 16.9. The zero-order chi connectivity index (χ0) is 49.4. The average molecular weight is 965 g/mol. The van der Waals surface area contributed by atoms with Crippen LogP contribution in [0.3, 0.4) is 0 Å². The van der Waals surface area contributed by atoms with Crippen molar-refractivity contribution in [1.29, 1.82) is 0 Å². The van der Waals surface area contributed by atoms with E-state index in [2.05, 4.69) is 280 Å². The summed E-state index contributed by atoms with van der Waals surface area (Å²) in [4.78, 5) is 0. The van der Waals surface area contributed by atoms with Crippen LogP contribution in [0.15, 0.2) is 251 Å². The Bertz CT molecular complexity index is 3920. The summed E-state index contributed by atoms with van der Waals surface area (Å²) in [6.07, 6.45) is 0. The second kappa shape index (κ2) is 19.9. The molecule has 1 N–H and O–H groups in total. The number of nitrogens with zero attached hydrogens (tertiary/aromatic N) is 1. The van der Waals surface area contributed by atoms with Crippen LogP contribution in [0.4, 0.5) is 0 Å². The lowest BCUT2D eigenvalue weighted by molar-refractivity contribution is 0.533. The Balaban J connectivity index is 0.000000182. The summed E-state index contributed by atoms with van der Waals surface area (Å²) in [6.45, 7) is 8.93. The second-order valence-electron chi connectivity index (χ2n) is 19.6. The monoisotopic (exact) mass is 964 g/mol. The van der Waals surface area contributed by atoms with Crippen molar-refractivity contribution in [2.75, 3.05) is 4.67 Å². The largest absolute Gasteiger partial charge is 0.408 e. The summed E-state index contributed by atoms with van der Waals surface area (Å²) in [5.74, 6) is 0. The smallest absolute Gasteiger partial charge is 0.310 e. The minimum atomic E-state index is -1.65. The summed E-state index contributed by atoms with van der Waals surface area (Å²) >= 11 is 0. The highest BCUT2D eigenvalue weighted by Gasteiger charge is 2.33. The van der Waals surface area contributed by atoms with Gasteiger partial charge >= 0.3 is 8.16 Å². The molecule has 0 unspecified atom stereocenters. The fraction of sp³-hybridized carbons (Fsp3) is 0.118. The highest BCUT2D eigenvalue weighted by Crippen LogP contribution is 2.49. The van der Waals surface area contributed by atoms with Gasteiger partial charge in [0.2, 0.25) is 0 Å². The van der Waals surface area contributed by atoms with Crippen molar-refractivity contribution in [2.24, 2.45) is 0 Å². The SMILES string of the molecule is CC(C)N(C(c1cccc2ccccc12)c1cccc2ccccc12)p1oc2ccc3ccccc3c2c2c(ccc3ccccc32)o1.CC(C)NC(c1cccc2ccccc12)c1cccc2ccccc12. The molecule has 0 bridgehead atoms. The molecular formula is C68H57N2O2P. The fourth-order valence-electron chi connectivity index (χ4n) is 11.1. The maximum Gasteiger partial charge on any atom is 0.310 e. The van der Waals surface area contributed by atoms with Crippen LogP contribution < -0.4 is 9.99 Å². The first-order valence-corrected chi connectivity index (χ1v) is 26.7. The summed E-state index contributed by atoms with van der Waals surface area (Å²) in [7, 11) is -1.65. The van der Waals surface area contributed by atoms with E-state index in [1.54, 1.807) is 0 Å². The first kappa shape index (κ1) is 46.1. The van der Waals surface area contributed by atoms with Gasteiger partial charge in [-0.05, 0) is 127 Å². The van der Waals surface area contributed by atoms with E-state index in [0.29, 0.717) is 6.04 Å². The van der Waals surface area contributed by atoms with Crippen molar-refractivity contribution in [3.05, 3.63) is 265 Å². The molecule has 0 aliphatic heterocycles. The zero-order valence-corrected chi connectivity index (χ0v) is 42.5. The van der Waals surface area contributed by atoms with E-state index in [4.69, 9.17) is 8.39 Å². The van der Waals surface area contributed by atoms with E-state index >= 15 is 0 Å². The molecule has 5 heteroatoms. The van der Waals surface area contributed by atoms with Crippen LogP contribution >= 0.6 is 8.16 Å². The molecule has 0 aliphatic carbocycles. The van der Waals surface area contributed by atoms with Gasteiger partial charge in [0.1, 0.15) is 11.2 Å². The number of fused-ring (bicyclic) bond motifs is 11. The third kappa shape index (κ3) is 8.72. The quantitative estimate of drug-likeness (QED) is 0.157. The average Bonchev–Trinajstić information content (AvgIpc) is 3.61. The number of nitrogens with one attached hydrogen (secondary N) is 1. The van der Waals surface area contributed by atoms with Crippen LogP contribution in [0.2, 0.25) is 0 Å². The van der Waals surface area contributed by atoms with E-state index in [9.17, 15) is 0 Å². The van der Waals surface area contributed by atoms with Gasteiger partial charge in [0.05, 0.1) is 12.1 Å². The third-order valence-electron chi connectivity index (χ3n) is 14.4. The Kier molecular flexibility index (Phi) is 12.6. The van der Waals surface area contributed by atoms with E-state index in [1.807, 2.05) is 0 Å². The van der Waals surface area contributed by atoms with Crippen LogP contribution in [0.5, 0.6) is 0 Å². The Morgan fingerprint density at radius 1 is 0.329 bits per heavy atom. The lowest BCUT2D eigenvalue weighted by Gasteiger charge is -2.33. The molecule has 0 amide bonds. The lowest BCUT2D eigenvalue weighted by atomic mass is 9.90. The molecule has 12 aromatic carbocycles. The standard InChI is InChI=1S/C44H34NO2P.C24H23N/c1-29(2)45(44(38-23-11-17-30-13-3-7-19-34(30)38)39-24-12-18-31-14-4-8-20-35(31)39)48-46-40-27-25-32-15-5-9-21-36(32)42(40)43-37-22-10-6-16-33(37)26-28-41(43)47-48;1-17(2)25-24(22-15-7-11-18-9-3-5-13-20(18)22)23-16-8-12-19-10-4-6-14-21(19)23/h3-29,44H,1-2H3;3-17,24-25H,1-2H3. The Labute approximate surface area is 427 Å². The van der Waals surface area contributed by atoms with Crippen LogP contribution in [0.25, 0.3) is 86.6 Å². The molecule has 0 fully saturated rings. The normalized spacial score (nSPS) is 12.0. The molecule has 1 heterocycles. The van der Waals surface area contributed by atoms with Crippen molar-refractivity contribution < 1.29 is 8.39 Å². The van der Waals surface area contributed by atoms with Gasteiger partial charge in [-0.2, -0.15) is 4.67 Å². The Hall–Kier alpha value is -7.98. The van der Waals surface area contributed by atoms with Gasteiger partial charge in [-0.25, -0.2) is 0 Å². The van der Waals surface area contributed by atoms with Gasteiger partial charge in [0.25, 0.3) is 0 Å².